The van der Waals surface area contributed by atoms with Crippen LogP contribution in [0, 0.1) is 0 Å². The number of H-pyrrole nitrogens is 1. The van der Waals surface area contributed by atoms with Crippen LogP contribution in [-0.2, 0) is 0 Å². The smallest absolute Gasteiger partial charge is 0.162 e. The van der Waals surface area contributed by atoms with Gasteiger partial charge in [0.05, 0.1) is 25.3 Å². The quantitative estimate of drug-likeness (QED) is 0.486. The number of pyridine rings is 1. The summed E-state index contributed by atoms with van der Waals surface area (Å²) < 4.78 is 10.8. The van der Waals surface area contributed by atoms with E-state index < -0.39 is 0 Å². The van der Waals surface area contributed by atoms with Gasteiger partial charge in [-0.2, -0.15) is 0 Å². The van der Waals surface area contributed by atoms with Gasteiger partial charge in [-0.25, -0.2) is 9.97 Å². The highest BCUT2D eigenvalue weighted by Crippen LogP contribution is 2.36. The van der Waals surface area contributed by atoms with Gasteiger partial charge in [-0.1, -0.05) is 6.07 Å². The third-order valence-electron chi connectivity index (χ3n) is 4.75. The molecule has 138 valence electrons. The van der Waals surface area contributed by atoms with Crippen molar-refractivity contribution in [2.75, 3.05) is 19.5 Å². The number of hydrogen-bond acceptors (Lipinski definition) is 6. The van der Waals surface area contributed by atoms with E-state index in [0.29, 0.717) is 17.3 Å². The number of nitrogens with one attached hydrogen (secondary N) is 2. The molecule has 5 rings (SSSR count). The van der Waals surface area contributed by atoms with Crippen molar-refractivity contribution in [3.8, 4) is 11.5 Å². The standard InChI is InChI=1S/C21H17N5O2/c1-27-17-9-14-16(10-18(17)28-2)26-20-19(14)23-11-24-21(20)25-13-5-6-15-12(8-13)4-3-7-22-15/h3-11,26H,1-2H3,(H,23,24,25). The van der Waals surface area contributed by atoms with Gasteiger partial charge in [-0.3, -0.25) is 4.98 Å². The molecule has 0 bridgehead atoms. The molecule has 0 fully saturated rings. The van der Waals surface area contributed by atoms with E-state index in [1.54, 1.807) is 26.7 Å². The average Bonchev–Trinajstić information content (AvgIpc) is 3.11. The Hall–Kier alpha value is -3.87. The molecule has 28 heavy (non-hydrogen) atoms. The van der Waals surface area contributed by atoms with E-state index in [2.05, 4.69) is 25.3 Å². The number of hydrogen-bond donors (Lipinski definition) is 2. The van der Waals surface area contributed by atoms with Crippen molar-refractivity contribution >= 4 is 44.3 Å². The van der Waals surface area contributed by atoms with Crippen LogP contribution in [-0.4, -0.2) is 34.2 Å². The van der Waals surface area contributed by atoms with Crippen molar-refractivity contribution in [2.45, 2.75) is 0 Å². The van der Waals surface area contributed by atoms with Crippen LogP contribution in [0.1, 0.15) is 0 Å². The van der Waals surface area contributed by atoms with Gasteiger partial charge in [0.25, 0.3) is 0 Å². The zero-order valence-electron chi connectivity index (χ0n) is 15.4. The van der Waals surface area contributed by atoms with Crippen molar-refractivity contribution in [1.82, 2.24) is 19.9 Å². The van der Waals surface area contributed by atoms with Crippen LogP contribution >= 0.6 is 0 Å². The molecule has 2 N–H and O–H groups in total. The van der Waals surface area contributed by atoms with Crippen molar-refractivity contribution in [2.24, 2.45) is 0 Å². The van der Waals surface area contributed by atoms with Crippen LogP contribution in [0.3, 0.4) is 0 Å². The molecule has 0 saturated carbocycles. The van der Waals surface area contributed by atoms with Gasteiger partial charge in [0.1, 0.15) is 17.4 Å². The first kappa shape index (κ1) is 16.3. The molecule has 0 spiro atoms. The Labute approximate surface area is 160 Å². The molecule has 5 aromatic rings. The number of methoxy groups -OCH3 is 2. The second-order valence-electron chi connectivity index (χ2n) is 6.36. The highest BCUT2D eigenvalue weighted by atomic mass is 16.5. The van der Waals surface area contributed by atoms with Crippen molar-refractivity contribution in [1.29, 1.82) is 0 Å². The zero-order chi connectivity index (χ0) is 19.1. The Morgan fingerprint density at radius 3 is 2.64 bits per heavy atom. The Morgan fingerprint density at radius 2 is 1.79 bits per heavy atom. The SMILES string of the molecule is COc1cc2[nH]c3c(Nc4ccc5ncccc5c4)ncnc3c2cc1OC. The van der Waals surface area contributed by atoms with Gasteiger partial charge in [0, 0.05) is 28.7 Å². The molecule has 7 heteroatoms. The van der Waals surface area contributed by atoms with E-state index in [9.17, 15) is 0 Å². The lowest BCUT2D eigenvalue weighted by atomic mass is 10.2. The maximum Gasteiger partial charge on any atom is 0.162 e. The Kier molecular flexibility index (Phi) is 3.72. The number of anilines is 2. The predicted molar refractivity (Wildman–Crippen MR) is 110 cm³/mol. The average molecular weight is 371 g/mol. The summed E-state index contributed by atoms with van der Waals surface area (Å²) in [5.41, 5.74) is 4.41. The number of benzene rings is 2. The summed E-state index contributed by atoms with van der Waals surface area (Å²) in [7, 11) is 3.24. The van der Waals surface area contributed by atoms with Crippen LogP contribution in [0.4, 0.5) is 11.5 Å². The minimum Gasteiger partial charge on any atom is -0.493 e. The monoisotopic (exact) mass is 371 g/mol. The number of aromatic nitrogens is 4. The van der Waals surface area contributed by atoms with Gasteiger partial charge >= 0.3 is 0 Å². The summed E-state index contributed by atoms with van der Waals surface area (Å²) in [6.07, 6.45) is 3.34. The second-order valence-corrected chi connectivity index (χ2v) is 6.36. The summed E-state index contributed by atoms with van der Waals surface area (Å²) in [6.45, 7) is 0. The van der Waals surface area contributed by atoms with Gasteiger partial charge in [0.2, 0.25) is 0 Å². The fourth-order valence-electron chi connectivity index (χ4n) is 3.41. The first-order valence-corrected chi connectivity index (χ1v) is 8.77. The van der Waals surface area contributed by atoms with Gasteiger partial charge in [-0.05, 0) is 30.3 Å². The number of fused-ring (bicyclic) bond motifs is 4. The summed E-state index contributed by atoms with van der Waals surface area (Å²) >= 11 is 0. The lowest BCUT2D eigenvalue weighted by Crippen LogP contribution is -1.95. The van der Waals surface area contributed by atoms with Gasteiger partial charge in [-0.15, -0.1) is 0 Å². The largest absolute Gasteiger partial charge is 0.493 e. The van der Waals surface area contributed by atoms with E-state index in [1.807, 2.05) is 42.5 Å². The number of ether oxygens (including phenoxy) is 2. The molecular formula is C21H17N5O2. The third kappa shape index (κ3) is 2.56. The summed E-state index contributed by atoms with van der Waals surface area (Å²) in [5.74, 6) is 2.01. The van der Waals surface area contributed by atoms with Crippen molar-refractivity contribution in [3.63, 3.8) is 0 Å². The lowest BCUT2D eigenvalue weighted by Gasteiger charge is -2.07. The Balaban J connectivity index is 1.64. The van der Waals surface area contributed by atoms with Gasteiger partial charge in [0.15, 0.2) is 17.3 Å². The zero-order valence-corrected chi connectivity index (χ0v) is 15.4. The highest BCUT2D eigenvalue weighted by Gasteiger charge is 2.15. The molecule has 0 aliphatic heterocycles. The molecule has 2 aromatic carbocycles. The van der Waals surface area contributed by atoms with E-state index in [1.165, 1.54) is 0 Å². The van der Waals surface area contributed by atoms with Crippen molar-refractivity contribution < 1.29 is 9.47 Å². The Morgan fingerprint density at radius 1 is 0.929 bits per heavy atom. The topological polar surface area (TPSA) is 85.0 Å². The third-order valence-corrected chi connectivity index (χ3v) is 4.75. The molecule has 7 nitrogen and oxygen atoms in total. The fourth-order valence-corrected chi connectivity index (χ4v) is 3.41. The van der Waals surface area contributed by atoms with E-state index in [-0.39, 0.29) is 0 Å². The molecule has 0 amide bonds. The number of nitrogens with zero attached hydrogens (tertiary/aromatic N) is 3. The van der Waals surface area contributed by atoms with Crippen LogP contribution in [0.5, 0.6) is 11.5 Å². The van der Waals surface area contributed by atoms with Crippen molar-refractivity contribution in [3.05, 3.63) is 55.0 Å². The van der Waals surface area contributed by atoms with Crippen LogP contribution < -0.4 is 14.8 Å². The maximum absolute atomic E-state index is 5.43. The highest BCUT2D eigenvalue weighted by molar-refractivity contribution is 6.09. The molecule has 0 aliphatic carbocycles. The molecule has 0 atom stereocenters. The normalized spacial score (nSPS) is 11.2. The molecule has 3 aromatic heterocycles. The Bertz CT molecular complexity index is 1330. The lowest BCUT2D eigenvalue weighted by molar-refractivity contribution is 0.356. The van der Waals surface area contributed by atoms with Gasteiger partial charge < -0.3 is 19.8 Å². The van der Waals surface area contributed by atoms with E-state index in [4.69, 9.17) is 9.47 Å². The van der Waals surface area contributed by atoms with Crippen LogP contribution in [0.15, 0.2) is 55.0 Å². The summed E-state index contributed by atoms with van der Waals surface area (Å²) in [6, 6.07) is 13.8. The summed E-state index contributed by atoms with van der Waals surface area (Å²) in [5, 5.41) is 5.39. The molecule has 0 unspecified atom stereocenters. The van der Waals surface area contributed by atoms with Crippen LogP contribution in [0.25, 0.3) is 32.8 Å². The predicted octanol–water partition coefficient (Wildman–Crippen LogP) is 4.42. The maximum atomic E-state index is 5.43. The second kappa shape index (κ2) is 6.38. The molecule has 3 heterocycles. The molecule has 0 saturated heterocycles. The van der Waals surface area contributed by atoms with E-state index >= 15 is 0 Å². The molecule has 0 aliphatic rings. The summed E-state index contributed by atoms with van der Waals surface area (Å²) in [4.78, 5) is 16.6. The molecular weight excluding hydrogens is 354 g/mol. The van der Waals surface area contributed by atoms with Crippen LogP contribution in [0.2, 0.25) is 0 Å². The molecule has 0 radical (unpaired) electrons. The van der Waals surface area contributed by atoms with E-state index in [0.717, 1.165) is 38.5 Å². The first-order chi connectivity index (χ1) is 13.8. The minimum absolute atomic E-state index is 0.658. The number of rotatable bonds is 4. The fraction of sp³-hybridized carbons (Fsp3) is 0.0952. The minimum atomic E-state index is 0.658. The number of aromatic amines is 1. The first-order valence-electron chi connectivity index (χ1n) is 8.77.